The molecule has 2 aromatic heterocycles. The van der Waals surface area contributed by atoms with Gasteiger partial charge in [-0.25, -0.2) is 18.4 Å². The topological polar surface area (TPSA) is 125 Å². The maximum atomic E-state index is 12.8. The molecule has 1 aromatic carbocycles. The van der Waals surface area contributed by atoms with Gasteiger partial charge in [-0.15, -0.1) is 0 Å². The summed E-state index contributed by atoms with van der Waals surface area (Å²) in [5.74, 6) is -0.246. The number of benzene rings is 1. The van der Waals surface area contributed by atoms with E-state index in [9.17, 15) is 18.5 Å². The SMILES string of the molecule is CC(=O)Nc1nc(C)c(-c2cnc(Cl)c(NS(=O)(=O)c3ccccc3C#N)c2)s1. The van der Waals surface area contributed by atoms with Crippen molar-refractivity contribution in [1.29, 1.82) is 5.26 Å². The van der Waals surface area contributed by atoms with Gasteiger partial charge in [0, 0.05) is 18.7 Å². The number of thiazole rings is 1. The third-order valence-corrected chi connectivity index (χ3v) is 6.57. The van der Waals surface area contributed by atoms with Gasteiger partial charge in [-0.05, 0) is 25.1 Å². The van der Waals surface area contributed by atoms with Crippen molar-refractivity contribution < 1.29 is 13.2 Å². The Labute approximate surface area is 176 Å². The Kier molecular flexibility index (Phi) is 5.83. The van der Waals surface area contributed by atoms with E-state index in [-0.39, 0.29) is 27.2 Å². The molecular formula is C18H14ClN5O3S2. The van der Waals surface area contributed by atoms with E-state index in [4.69, 9.17) is 11.6 Å². The van der Waals surface area contributed by atoms with Gasteiger partial charge in [-0.1, -0.05) is 35.1 Å². The molecule has 0 saturated heterocycles. The Morgan fingerprint density at radius 2 is 2.03 bits per heavy atom. The average molecular weight is 448 g/mol. The summed E-state index contributed by atoms with van der Waals surface area (Å²) in [4.78, 5) is 20.1. The fourth-order valence-corrected chi connectivity index (χ4v) is 4.92. The van der Waals surface area contributed by atoms with E-state index in [1.54, 1.807) is 13.0 Å². The number of hydrogen-bond donors (Lipinski definition) is 2. The van der Waals surface area contributed by atoms with Crippen molar-refractivity contribution in [2.45, 2.75) is 18.7 Å². The van der Waals surface area contributed by atoms with Gasteiger partial charge in [-0.3, -0.25) is 9.52 Å². The highest BCUT2D eigenvalue weighted by Gasteiger charge is 2.21. The van der Waals surface area contributed by atoms with Crippen LogP contribution in [0.2, 0.25) is 5.15 Å². The minimum absolute atomic E-state index is 0.0125. The highest BCUT2D eigenvalue weighted by atomic mass is 35.5. The number of halogens is 1. The summed E-state index contributed by atoms with van der Waals surface area (Å²) in [6, 6.07) is 9.23. The molecule has 0 saturated carbocycles. The zero-order chi connectivity index (χ0) is 21.2. The predicted octanol–water partition coefficient (Wildman–Crippen LogP) is 3.80. The van der Waals surface area contributed by atoms with Crippen LogP contribution in [0.3, 0.4) is 0 Å². The first-order valence-electron chi connectivity index (χ1n) is 8.14. The van der Waals surface area contributed by atoms with Gasteiger partial charge in [0.05, 0.1) is 21.8 Å². The lowest BCUT2D eigenvalue weighted by molar-refractivity contribution is -0.114. The molecule has 0 aliphatic heterocycles. The Bertz CT molecular complexity index is 1250. The zero-order valence-corrected chi connectivity index (χ0v) is 17.6. The van der Waals surface area contributed by atoms with Gasteiger partial charge in [0.15, 0.2) is 10.3 Å². The summed E-state index contributed by atoms with van der Waals surface area (Å²) in [6.45, 7) is 3.14. The molecule has 2 N–H and O–H groups in total. The molecule has 2 heterocycles. The van der Waals surface area contributed by atoms with E-state index in [2.05, 4.69) is 20.0 Å². The van der Waals surface area contributed by atoms with Crippen molar-refractivity contribution in [3.63, 3.8) is 0 Å². The molecule has 3 rings (SSSR count). The Hall–Kier alpha value is -3.00. The molecule has 8 nitrogen and oxygen atoms in total. The number of nitrogens with zero attached hydrogens (tertiary/aromatic N) is 3. The maximum Gasteiger partial charge on any atom is 0.263 e. The molecule has 0 radical (unpaired) electrons. The molecule has 11 heteroatoms. The summed E-state index contributed by atoms with van der Waals surface area (Å²) in [5.41, 5.74) is 1.29. The lowest BCUT2D eigenvalue weighted by Crippen LogP contribution is -2.15. The second kappa shape index (κ2) is 8.16. The van der Waals surface area contributed by atoms with Gasteiger partial charge in [-0.2, -0.15) is 5.26 Å². The van der Waals surface area contributed by atoms with Crippen molar-refractivity contribution >= 4 is 49.7 Å². The summed E-state index contributed by atoms with van der Waals surface area (Å²) >= 11 is 7.32. The van der Waals surface area contributed by atoms with Gasteiger partial charge in [0.2, 0.25) is 5.91 Å². The number of amides is 1. The number of nitrogens with one attached hydrogen (secondary N) is 2. The number of sulfonamides is 1. The Morgan fingerprint density at radius 1 is 1.31 bits per heavy atom. The van der Waals surface area contributed by atoms with Gasteiger partial charge in [0.25, 0.3) is 10.0 Å². The van der Waals surface area contributed by atoms with Crippen LogP contribution < -0.4 is 10.0 Å². The van der Waals surface area contributed by atoms with E-state index in [0.717, 1.165) is 0 Å². The molecule has 0 aliphatic rings. The molecule has 0 bridgehead atoms. The van der Waals surface area contributed by atoms with Crippen LogP contribution in [0.1, 0.15) is 18.2 Å². The summed E-state index contributed by atoms with van der Waals surface area (Å²) in [6.07, 6.45) is 1.49. The van der Waals surface area contributed by atoms with Gasteiger partial charge >= 0.3 is 0 Å². The second-order valence-corrected chi connectivity index (χ2v) is 8.90. The fraction of sp³-hybridized carbons (Fsp3) is 0.111. The Morgan fingerprint density at radius 3 is 2.72 bits per heavy atom. The normalized spacial score (nSPS) is 11.0. The van der Waals surface area contributed by atoms with Crippen molar-refractivity contribution in [1.82, 2.24) is 9.97 Å². The van der Waals surface area contributed by atoms with Crippen molar-refractivity contribution in [3.8, 4) is 16.5 Å². The summed E-state index contributed by atoms with van der Waals surface area (Å²) in [7, 11) is -4.06. The van der Waals surface area contributed by atoms with Crippen LogP contribution in [-0.4, -0.2) is 24.3 Å². The standard InChI is InChI=1S/C18H14ClN5O3S2/c1-10-16(28-18(22-10)23-11(2)25)13-7-14(17(19)21-9-13)24-29(26,27)15-6-4-3-5-12(15)8-20/h3-7,9,24H,1-2H3,(H,22,23,25). The Balaban J connectivity index is 1.99. The number of nitriles is 1. The molecular weight excluding hydrogens is 434 g/mol. The monoisotopic (exact) mass is 447 g/mol. The third kappa shape index (κ3) is 4.54. The molecule has 29 heavy (non-hydrogen) atoms. The van der Waals surface area contributed by atoms with Crippen LogP contribution in [0, 0.1) is 18.3 Å². The lowest BCUT2D eigenvalue weighted by Gasteiger charge is -2.11. The molecule has 148 valence electrons. The van der Waals surface area contributed by atoms with E-state index < -0.39 is 10.0 Å². The van der Waals surface area contributed by atoms with Crippen LogP contribution in [0.15, 0.2) is 41.4 Å². The van der Waals surface area contributed by atoms with Crippen molar-refractivity contribution in [3.05, 3.63) is 52.9 Å². The maximum absolute atomic E-state index is 12.8. The fourth-order valence-electron chi connectivity index (χ4n) is 2.51. The van der Waals surface area contributed by atoms with Crippen molar-refractivity contribution in [2.75, 3.05) is 10.0 Å². The molecule has 3 aromatic rings. The second-order valence-electron chi connectivity index (χ2n) is 5.89. The molecule has 0 fully saturated rings. The third-order valence-electron chi connectivity index (χ3n) is 3.72. The van der Waals surface area contributed by atoms with Crippen LogP contribution >= 0.6 is 22.9 Å². The number of aryl methyl sites for hydroxylation is 1. The first-order valence-corrected chi connectivity index (χ1v) is 10.8. The lowest BCUT2D eigenvalue weighted by atomic mass is 10.2. The van der Waals surface area contributed by atoms with E-state index >= 15 is 0 Å². The smallest absolute Gasteiger partial charge is 0.263 e. The van der Waals surface area contributed by atoms with Gasteiger partial charge in [0.1, 0.15) is 11.0 Å². The van der Waals surface area contributed by atoms with Gasteiger partial charge < -0.3 is 5.32 Å². The van der Waals surface area contributed by atoms with E-state index in [1.807, 2.05) is 6.07 Å². The minimum atomic E-state index is -4.06. The summed E-state index contributed by atoms with van der Waals surface area (Å²) < 4.78 is 27.9. The largest absolute Gasteiger partial charge is 0.302 e. The molecule has 0 aliphatic carbocycles. The van der Waals surface area contributed by atoms with Crippen LogP contribution in [-0.2, 0) is 14.8 Å². The number of rotatable bonds is 5. The highest BCUT2D eigenvalue weighted by molar-refractivity contribution is 7.92. The quantitative estimate of drug-likeness (QED) is 0.573. The van der Waals surface area contributed by atoms with E-state index in [0.29, 0.717) is 21.3 Å². The number of aromatic nitrogens is 2. The molecule has 0 unspecified atom stereocenters. The average Bonchev–Trinajstić information content (AvgIpc) is 3.02. The molecule has 0 spiro atoms. The first kappa shape index (κ1) is 20.7. The van der Waals surface area contributed by atoms with Crippen LogP contribution in [0.25, 0.3) is 10.4 Å². The predicted molar refractivity (Wildman–Crippen MR) is 111 cm³/mol. The van der Waals surface area contributed by atoms with Crippen LogP contribution in [0.5, 0.6) is 0 Å². The first-order chi connectivity index (χ1) is 13.7. The minimum Gasteiger partial charge on any atom is -0.302 e. The van der Waals surface area contributed by atoms with Crippen LogP contribution in [0.4, 0.5) is 10.8 Å². The molecule has 0 atom stereocenters. The molecule has 1 amide bonds. The van der Waals surface area contributed by atoms with E-state index in [1.165, 1.54) is 48.7 Å². The highest BCUT2D eigenvalue weighted by Crippen LogP contribution is 2.35. The number of carbonyl (C=O) groups excluding carboxylic acids is 1. The van der Waals surface area contributed by atoms with Crippen molar-refractivity contribution in [2.24, 2.45) is 0 Å². The zero-order valence-electron chi connectivity index (χ0n) is 15.2. The number of hydrogen-bond acceptors (Lipinski definition) is 7. The summed E-state index contributed by atoms with van der Waals surface area (Å²) in [5, 5.41) is 12.2. The number of anilines is 2. The number of pyridine rings is 1. The number of carbonyl (C=O) groups is 1.